The molecular weight excluding hydrogens is 302 g/mol. The van der Waals surface area contributed by atoms with Crippen molar-refractivity contribution in [2.45, 2.75) is 57.3 Å². The molecule has 2 nitrogen and oxygen atoms in total. The largest absolute Gasteiger partial charge is 0.301 e. The first kappa shape index (κ1) is 17.7. The van der Waals surface area contributed by atoms with Crippen LogP contribution in [0.2, 0.25) is 0 Å². The van der Waals surface area contributed by atoms with E-state index in [4.69, 9.17) is 0 Å². The Morgan fingerprint density at radius 2 is 1.09 bits per heavy atom. The van der Waals surface area contributed by atoms with E-state index in [0.717, 1.165) is 10.6 Å². The number of hydrogen-bond donors (Lipinski definition) is 1. The summed E-state index contributed by atoms with van der Waals surface area (Å²) in [5, 5.41) is 0. The fraction of sp³-hybridized carbons (Fsp3) is 0.400. The van der Waals surface area contributed by atoms with E-state index in [1.165, 1.54) is 11.1 Å². The van der Waals surface area contributed by atoms with E-state index < -0.39 is 11.0 Å². The Bertz CT molecular complexity index is 674. The predicted molar refractivity (Wildman–Crippen MR) is 100 cm³/mol. The number of rotatable bonds is 3. The van der Waals surface area contributed by atoms with E-state index in [-0.39, 0.29) is 10.8 Å². The maximum absolute atomic E-state index is 12.5. The van der Waals surface area contributed by atoms with Crippen LogP contribution in [0.15, 0.2) is 53.4 Å². The van der Waals surface area contributed by atoms with Crippen molar-refractivity contribution in [2.75, 3.05) is 4.72 Å². The fourth-order valence-corrected chi connectivity index (χ4v) is 3.13. The smallest absolute Gasteiger partial charge is 0.150 e. The highest BCUT2D eigenvalue weighted by Gasteiger charge is 2.15. The Morgan fingerprint density at radius 3 is 1.48 bits per heavy atom. The van der Waals surface area contributed by atoms with Gasteiger partial charge in [-0.3, -0.25) is 0 Å². The predicted octanol–water partition coefficient (Wildman–Crippen LogP) is 5.42. The highest BCUT2D eigenvalue weighted by atomic mass is 32.2. The van der Waals surface area contributed by atoms with Gasteiger partial charge in [0.05, 0.1) is 4.90 Å². The second-order valence-corrected chi connectivity index (χ2v) is 9.19. The molecule has 0 fully saturated rings. The summed E-state index contributed by atoms with van der Waals surface area (Å²) in [6, 6.07) is 16.1. The van der Waals surface area contributed by atoms with Gasteiger partial charge in [0.2, 0.25) is 0 Å². The summed E-state index contributed by atoms with van der Waals surface area (Å²) in [4.78, 5) is 0.790. The van der Waals surface area contributed by atoms with Gasteiger partial charge >= 0.3 is 0 Å². The Morgan fingerprint density at radius 1 is 0.696 bits per heavy atom. The zero-order valence-corrected chi connectivity index (χ0v) is 15.8. The molecule has 0 aromatic heterocycles. The molecule has 0 radical (unpaired) electrons. The molecule has 1 N–H and O–H groups in total. The van der Waals surface area contributed by atoms with Crippen molar-refractivity contribution >= 4 is 16.7 Å². The summed E-state index contributed by atoms with van der Waals surface area (Å²) in [7, 11) is -1.25. The minimum absolute atomic E-state index is 0.107. The maximum atomic E-state index is 12.5. The van der Waals surface area contributed by atoms with E-state index >= 15 is 0 Å². The topological polar surface area (TPSA) is 29.1 Å². The Kier molecular flexibility index (Phi) is 5.00. The third kappa shape index (κ3) is 4.68. The molecule has 3 heteroatoms. The lowest BCUT2D eigenvalue weighted by atomic mass is 9.87. The van der Waals surface area contributed by atoms with Crippen molar-refractivity contribution in [2.24, 2.45) is 0 Å². The van der Waals surface area contributed by atoms with Crippen LogP contribution in [0, 0.1) is 0 Å². The van der Waals surface area contributed by atoms with Crippen LogP contribution in [0.5, 0.6) is 0 Å². The Balaban J connectivity index is 2.10. The molecule has 1 unspecified atom stereocenters. The molecule has 0 aliphatic rings. The number of hydrogen-bond acceptors (Lipinski definition) is 1. The van der Waals surface area contributed by atoms with Gasteiger partial charge in [0, 0.05) is 5.69 Å². The first-order valence-corrected chi connectivity index (χ1v) is 9.12. The van der Waals surface area contributed by atoms with Gasteiger partial charge in [-0.25, -0.2) is 4.21 Å². The number of anilines is 1. The first-order chi connectivity index (χ1) is 10.6. The first-order valence-electron chi connectivity index (χ1n) is 7.97. The summed E-state index contributed by atoms with van der Waals surface area (Å²) < 4.78 is 15.5. The van der Waals surface area contributed by atoms with Crippen LogP contribution in [0.3, 0.4) is 0 Å². The molecule has 0 aliphatic heterocycles. The minimum atomic E-state index is -1.25. The monoisotopic (exact) mass is 329 g/mol. The lowest BCUT2D eigenvalue weighted by molar-refractivity contribution is 0.589. The van der Waals surface area contributed by atoms with Crippen molar-refractivity contribution in [3.63, 3.8) is 0 Å². The summed E-state index contributed by atoms with van der Waals surface area (Å²) in [5.41, 5.74) is 3.61. The van der Waals surface area contributed by atoms with Crippen LogP contribution in [-0.4, -0.2) is 4.21 Å². The van der Waals surface area contributed by atoms with Gasteiger partial charge in [0.25, 0.3) is 0 Å². The minimum Gasteiger partial charge on any atom is -0.301 e. The highest BCUT2D eigenvalue weighted by Crippen LogP contribution is 2.25. The summed E-state index contributed by atoms with van der Waals surface area (Å²) >= 11 is 0. The van der Waals surface area contributed by atoms with Crippen molar-refractivity contribution < 1.29 is 4.21 Å². The molecule has 0 saturated heterocycles. The van der Waals surface area contributed by atoms with E-state index in [0.29, 0.717) is 0 Å². The Hall–Kier alpha value is -1.61. The van der Waals surface area contributed by atoms with Gasteiger partial charge in [-0.1, -0.05) is 65.8 Å². The molecule has 2 aromatic carbocycles. The van der Waals surface area contributed by atoms with Crippen LogP contribution in [-0.2, 0) is 21.8 Å². The van der Waals surface area contributed by atoms with Crippen molar-refractivity contribution in [3.05, 3.63) is 59.7 Å². The molecular formula is C20H27NOS. The molecule has 2 rings (SSSR count). The van der Waals surface area contributed by atoms with Crippen LogP contribution in [0.1, 0.15) is 52.7 Å². The van der Waals surface area contributed by atoms with Crippen molar-refractivity contribution in [1.29, 1.82) is 0 Å². The van der Waals surface area contributed by atoms with Gasteiger partial charge in [-0.2, -0.15) is 0 Å². The normalized spacial score (nSPS) is 13.7. The van der Waals surface area contributed by atoms with E-state index in [1.807, 2.05) is 24.3 Å². The molecule has 0 heterocycles. The second-order valence-electron chi connectivity index (χ2n) is 7.97. The fourth-order valence-electron chi connectivity index (χ4n) is 2.28. The summed E-state index contributed by atoms with van der Waals surface area (Å²) in [5.74, 6) is 0. The number of benzene rings is 2. The van der Waals surface area contributed by atoms with E-state index in [2.05, 4.69) is 70.5 Å². The van der Waals surface area contributed by atoms with Crippen LogP contribution >= 0.6 is 0 Å². The van der Waals surface area contributed by atoms with Crippen molar-refractivity contribution in [1.82, 2.24) is 0 Å². The van der Waals surface area contributed by atoms with E-state index in [9.17, 15) is 4.21 Å². The van der Waals surface area contributed by atoms with Gasteiger partial charge in [0.15, 0.2) is 0 Å². The highest BCUT2D eigenvalue weighted by molar-refractivity contribution is 7.86. The third-order valence-electron chi connectivity index (χ3n) is 3.90. The molecule has 23 heavy (non-hydrogen) atoms. The van der Waals surface area contributed by atoms with Gasteiger partial charge in [0.1, 0.15) is 11.0 Å². The van der Waals surface area contributed by atoms with Crippen LogP contribution < -0.4 is 4.72 Å². The van der Waals surface area contributed by atoms with Gasteiger partial charge in [-0.05, 0) is 46.2 Å². The average molecular weight is 330 g/mol. The van der Waals surface area contributed by atoms with E-state index in [1.54, 1.807) is 0 Å². The SMILES string of the molecule is CC(C)(C)c1ccc(NS(=O)c2ccc(C(C)(C)C)cc2)cc1. The molecule has 2 aromatic rings. The average Bonchev–Trinajstić information content (AvgIpc) is 2.46. The molecule has 124 valence electrons. The zero-order chi connectivity index (χ0) is 17.3. The molecule has 0 saturated carbocycles. The van der Waals surface area contributed by atoms with Crippen LogP contribution in [0.4, 0.5) is 5.69 Å². The third-order valence-corrected chi connectivity index (χ3v) is 5.02. The molecule has 0 amide bonds. The molecule has 0 spiro atoms. The lowest BCUT2D eigenvalue weighted by Gasteiger charge is -2.20. The lowest BCUT2D eigenvalue weighted by Crippen LogP contribution is -2.12. The quantitative estimate of drug-likeness (QED) is 0.801. The summed E-state index contributed by atoms with van der Waals surface area (Å²) in [6.45, 7) is 13.1. The number of nitrogens with one attached hydrogen (secondary N) is 1. The zero-order valence-electron chi connectivity index (χ0n) is 14.9. The van der Waals surface area contributed by atoms with Crippen molar-refractivity contribution in [3.8, 4) is 0 Å². The van der Waals surface area contributed by atoms with Crippen LogP contribution in [0.25, 0.3) is 0 Å². The summed E-state index contributed by atoms with van der Waals surface area (Å²) in [6.07, 6.45) is 0. The Labute approximate surface area is 142 Å². The standard InChI is InChI=1S/C20H27NOS/c1-19(2,3)15-7-11-17(12-8-15)21-23(22)18-13-9-16(10-14-18)20(4,5)6/h7-14,21H,1-6H3. The van der Waals surface area contributed by atoms with Gasteiger partial charge < -0.3 is 4.72 Å². The second kappa shape index (κ2) is 6.48. The molecule has 0 bridgehead atoms. The van der Waals surface area contributed by atoms with Gasteiger partial charge in [-0.15, -0.1) is 0 Å². The maximum Gasteiger partial charge on any atom is 0.150 e. The molecule has 0 aliphatic carbocycles. The molecule has 1 atom stereocenters.